The molecule has 1 unspecified atom stereocenters. The average Bonchev–Trinajstić information content (AvgIpc) is 2.16. The van der Waals surface area contributed by atoms with E-state index >= 15 is 0 Å². The van der Waals surface area contributed by atoms with Crippen LogP contribution in [0.1, 0.15) is 52.4 Å². The molecular weight excluding hydrogens is 176 g/mol. The van der Waals surface area contributed by atoms with E-state index in [9.17, 15) is 5.11 Å². The summed E-state index contributed by atoms with van der Waals surface area (Å²) in [6.07, 6.45) is 10.6. The molecule has 0 aromatic rings. The van der Waals surface area contributed by atoms with Gasteiger partial charge in [-0.15, -0.1) is 0 Å². The Kier molecular flexibility index (Phi) is 7.81. The average molecular weight is 200 g/mol. The Morgan fingerprint density at radius 2 is 1.86 bits per heavy atom. The van der Waals surface area contributed by atoms with Crippen LogP contribution in [-0.4, -0.2) is 22.4 Å². The van der Waals surface area contributed by atoms with Crippen LogP contribution in [0.3, 0.4) is 0 Å². The second kappa shape index (κ2) is 8.01. The highest BCUT2D eigenvalue weighted by Gasteiger charge is 2.17. The van der Waals surface area contributed by atoms with Crippen molar-refractivity contribution in [3.8, 4) is 0 Å². The third-order valence-corrected chi connectivity index (χ3v) is 2.33. The van der Waals surface area contributed by atoms with Crippen molar-refractivity contribution in [3.05, 3.63) is 12.2 Å². The van der Waals surface area contributed by atoms with Gasteiger partial charge in [0, 0.05) is 0 Å². The Labute approximate surface area is 87.7 Å². The van der Waals surface area contributed by atoms with Crippen LogP contribution in [0.5, 0.6) is 0 Å². The summed E-state index contributed by atoms with van der Waals surface area (Å²) in [6, 6.07) is 0. The molecule has 0 aliphatic heterocycles. The van der Waals surface area contributed by atoms with Crippen molar-refractivity contribution >= 4 is 0 Å². The highest BCUT2D eigenvalue weighted by molar-refractivity contribution is 4.79. The first-order valence-corrected chi connectivity index (χ1v) is 5.60. The smallest absolute Gasteiger partial charge is 0.0849 e. The van der Waals surface area contributed by atoms with E-state index in [1.807, 2.05) is 0 Å². The number of aliphatic hydroxyl groups is 2. The van der Waals surface area contributed by atoms with Gasteiger partial charge in [0.1, 0.15) is 0 Å². The first kappa shape index (κ1) is 13.7. The standard InChI is InChI=1S/C12H24O2/c1-3-4-5-6-7-8-9-10-12(2,14)11-13/h4-5,13-14H,3,6-11H2,1-2H3/b5-4-. The number of aliphatic hydroxyl groups excluding tert-OH is 1. The van der Waals surface area contributed by atoms with Gasteiger partial charge < -0.3 is 10.2 Å². The predicted octanol–water partition coefficient (Wildman–Crippen LogP) is 2.65. The van der Waals surface area contributed by atoms with Gasteiger partial charge in [0.25, 0.3) is 0 Å². The molecule has 0 heterocycles. The van der Waals surface area contributed by atoms with E-state index in [2.05, 4.69) is 19.1 Å². The van der Waals surface area contributed by atoms with Gasteiger partial charge in [0.05, 0.1) is 12.2 Å². The van der Waals surface area contributed by atoms with Crippen LogP contribution in [0.25, 0.3) is 0 Å². The molecule has 0 aliphatic carbocycles. The molecule has 84 valence electrons. The number of hydrogen-bond donors (Lipinski definition) is 2. The van der Waals surface area contributed by atoms with Crippen LogP contribution in [0.4, 0.5) is 0 Å². The maximum atomic E-state index is 9.50. The molecular formula is C12H24O2. The lowest BCUT2D eigenvalue weighted by molar-refractivity contribution is -0.00691. The van der Waals surface area contributed by atoms with Gasteiger partial charge in [0.2, 0.25) is 0 Å². The fraction of sp³-hybridized carbons (Fsp3) is 0.833. The Balaban J connectivity index is 3.25. The van der Waals surface area contributed by atoms with Gasteiger partial charge in [-0.1, -0.05) is 31.9 Å². The molecule has 0 aromatic heterocycles. The Bertz CT molecular complexity index is 150. The fourth-order valence-electron chi connectivity index (χ4n) is 1.31. The summed E-state index contributed by atoms with van der Waals surface area (Å²) in [4.78, 5) is 0. The first-order chi connectivity index (χ1) is 6.62. The number of rotatable bonds is 8. The van der Waals surface area contributed by atoms with E-state index < -0.39 is 5.60 Å². The molecule has 1 atom stereocenters. The van der Waals surface area contributed by atoms with Gasteiger partial charge in [0.15, 0.2) is 0 Å². The molecule has 2 heteroatoms. The van der Waals surface area contributed by atoms with Crippen molar-refractivity contribution < 1.29 is 10.2 Å². The SMILES string of the molecule is CC/C=C\CCCCCC(C)(O)CO. The normalized spacial score (nSPS) is 16.0. The molecule has 0 saturated carbocycles. The van der Waals surface area contributed by atoms with E-state index in [0.717, 1.165) is 25.7 Å². The summed E-state index contributed by atoms with van der Waals surface area (Å²) in [5.41, 5.74) is -0.876. The molecule has 2 N–H and O–H groups in total. The lowest BCUT2D eigenvalue weighted by Gasteiger charge is -2.19. The lowest BCUT2D eigenvalue weighted by atomic mass is 9.99. The number of unbranched alkanes of at least 4 members (excludes halogenated alkanes) is 3. The summed E-state index contributed by atoms with van der Waals surface area (Å²) < 4.78 is 0. The zero-order valence-electron chi connectivity index (χ0n) is 9.50. The summed E-state index contributed by atoms with van der Waals surface area (Å²) in [7, 11) is 0. The highest BCUT2D eigenvalue weighted by Crippen LogP contribution is 2.14. The minimum atomic E-state index is -0.876. The third-order valence-electron chi connectivity index (χ3n) is 2.33. The minimum Gasteiger partial charge on any atom is -0.393 e. The minimum absolute atomic E-state index is 0.136. The monoisotopic (exact) mass is 200 g/mol. The van der Waals surface area contributed by atoms with Crippen molar-refractivity contribution in [2.45, 2.75) is 58.0 Å². The van der Waals surface area contributed by atoms with Crippen molar-refractivity contribution in [2.75, 3.05) is 6.61 Å². The summed E-state index contributed by atoms with van der Waals surface area (Å²) in [5, 5.41) is 18.3. The van der Waals surface area contributed by atoms with Crippen LogP contribution < -0.4 is 0 Å². The van der Waals surface area contributed by atoms with Crippen molar-refractivity contribution in [1.29, 1.82) is 0 Å². The zero-order chi connectivity index (χ0) is 10.9. The van der Waals surface area contributed by atoms with Crippen LogP contribution in [-0.2, 0) is 0 Å². The number of hydrogen-bond acceptors (Lipinski definition) is 2. The molecule has 2 nitrogen and oxygen atoms in total. The molecule has 0 bridgehead atoms. The van der Waals surface area contributed by atoms with Crippen LogP contribution in [0.15, 0.2) is 12.2 Å². The predicted molar refractivity (Wildman–Crippen MR) is 60.2 cm³/mol. The quantitative estimate of drug-likeness (QED) is 0.467. The second-order valence-electron chi connectivity index (χ2n) is 4.13. The van der Waals surface area contributed by atoms with Crippen LogP contribution >= 0.6 is 0 Å². The van der Waals surface area contributed by atoms with Crippen LogP contribution in [0.2, 0.25) is 0 Å². The maximum absolute atomic E-state index is 9.50. The molecule has 0 fully saturated rings. The van der Waals surface area contributed by atoms with Crippen molar-refractivity contribution in [1.82, 2.24) is 0 Å². The van der Waals surface area contributed by atoms with Gasteiger partial charge in [-0.3, -0.25) is 0 Å². The molecule has 0 saturated heterocycles. The topological polar surface area (TPSA) is 40.5 Å². The first-order valence-electron chi connectivity index (χ1n) is 5.60. The maximum Gasteiger partial charge on any atom is 0.0849 e. The molecule has 14 heavy (non-hydrogen) atoms. The molecule has 0 aromatic carbocycles. The van der Waals surface area contributed by atoms with Crippen molar-refractivity contribution in [3.63, 3.8) is 0 Å². The summed E-state index contributed by atoms with van der Waals surface area (Å²) in [5.74, 6) is 0. The Hall–Kier alpha value is -0.340. The summed E-state index contributed by atoms with van der Waals surface area (Å²) in [6.45, 7) is 3.68. The van der Waals surface area contributed by atoms with E-state index in [1.54, 1.807) is 6.92 Å². The van der Waals surface area contributed by atoms with E-state index in [-0.39, 0.29) is 6.61 Å². The molecule has 0 rings (SSSR count). The fourth-order valence-corrected chi connectivity index (χ4v) is 1.31. The molecule has 0 aliphatic rings. The van der Waals surface area contributed by atoms with E-state index in [0.29, 0.717) is 6.42 Å². The Morgan fingerprint density at radius 3 is 2.43 bits per heavy atom. The largest absolute Gasteiger partial charge is 0.393 e. The Morgan fingerprint density at radius 1 is 1.14 bits per heavy atom. The summed E-state index contributed by atoms with van der Waals surface area (Å²) >= 11 is 0. The van der Waals surface area contributed by atoms with Crippen LogP contribution in [0, 0.1) is 0 Å². The van der Waals surface area contributed by atoms with Gasteiger partial charge in [-0.25, -0.2) is 0 Å². The lowest BCUT2D eigenvalue weighted by Crippen LogP contribution is -2.28. The molecule has 0 amide bonds. The van der Waals surface area contributed by atoms with Crippen molar-refractivity contribution in [2.24, 2.45) is 0 Å². The van der Waals surface area contributed by atoms with E-state index in [1.165, 1.54) is 6.42 Å². The molecule has 0 spiro atoms. The zero-order valence-corrected chi connectivity index (χ0v) is 9.50. The van der Waals surface area contributed by atoms with Gasteiger partial charge in [-0.05, 0) is 32.6 Å². The second-order valence-corrected chi connectivity index (χ2v) is 4.13. The third kappa shape index (κ3) is 8.27. The van der Waals surface area contributed by atoms with E-state index in [4.69, 9.17) is 5.11 Å². The number of allylic oxidation sites excluding steroid dienone is 2. The van der Waals surface area contributed by atoms with Gasteiger partial charge >= 0.3 is 0 Å². The van der Waals surface area contributed by atoms with Gasteiger partial charge in [-0.2, -0.15) is 0 Å². The molecule has 0 radical (unpaired) electrons. The highest BCUT2D eigenvalue weighted by atomic mass is 16.3.